The highest BCUT2D eigenvalue weighted by atomic mass is 32.1. The van der Waals surface area contributed by atoms with Crippen molar-refractivity contribution in [3.05, 3.63) is 40.9 Å². The zero-order valence-electron chi connectivity index (χ0n) is 8.73. The van der Waals surface area contributed by atoms with Gasteiger partial charge < -0.3 is 5.73 Å². The Labute approximate surface area is 93.8 Å². The molecule has 1 aromatic carbocycles. The monoisotopic (exact) mass is 218 g/mol. The Balaban J connectivity index is 2.42. The van der Waals surface area contributed by atoms with Gasteiger partial charge in [0.1, 0.15) is 5.01 Å². The molecular weight excluding hydrogens is 204 g/mol. The molecule has 0 aliphatic carbocycles. The Hall–Kier alpha value is -1.19. The number of aryl methyl sites for hydroxylation is 1. The van der Waals surface area contributed by atoms with Crippen LogP contribution in [-0.4, -0.2) is 4.98 Å². The molecule has 0 atom stereocenters. The summed E-state index contributed by atoms with van der Waals surface area (Å²) < 4.78 is 0. The van der Waals surface area contributed by atoms with Gasteiger partial charge in [-0.2, -0.15) is 0 Å². The third-order valence-corrected chi connectivity index (χ3v) is 3.49. The van der Waals surface area contributed by atoms with Gasteiger partial charge in [-0.15, -0.1) is 11.3 Å². The first-order chi connectivity index (χ1) is 7.35. The Morgan fingerprint density at radius 2 is 2.00 bits per heavy atom. The molecule has 2 N–H and O–H groups in total. The normalized spacial score (nSPS) is 10.5. The van der Waals surface area contributed by atoms with Gasteiger partial charge in [-0.05, 0) is 6.42 Å². The van der Waals surface area contributed by atoms with Crippen molar-refractivity contribution in [2.45, 2.75) is 19.9 Å². The van der Waals surface area contributed by atoms with Crippen molar-refractivity contribution in [3.63, 3.8) is 0 Å². The summed E-state index contributed by atoms with van der Waals surface area (Å²) in [6, 6.07) is 10.2. The van der Waals surface area contributed by atoms with E-state index in [9.17, 15) is 0 Å². The summed E-state index contributed by atoms with van der Waals surface area (Å²) in [5.74, 6) is 0. The Morgan fingerprint density at radius 1 is 1.27 bits per heavy atom. The highest BCUT2D eigenvalue weighted by Gasteiger charge is 2.09. The zero-order chi connectivity index (χ0) is 10.7. The largest absolute Gasteiger partial charge is 0.326 e. The quantitative estimate of drug-likeness (QED) is 0.860. The summed E-state index contributed by atoms with van der Waals surface area (Å²) in [6.07, 6.45) is 0.954. The molecule has 78 valence electrons. The van der Waals surface area contributed by atoms with Crippen LogP contribution in [0.4, 0.5) is 0 Å². The maximum atomic E-state index is 5.69. The number of thiazole rings is 1. The van der Waals surface area contributed by atoms with Gasteiger partial charge in [0.05, 0.1) is 5.69 Å². The lowest BCUT2D eigenvalue weighted by molar-refractivity contribution is 0.989. The van der Waals surface area contributed by atoms with Crippen molar-refractivity contribution in [3.8, 4) is 10.6 Å². The third-order valence-electron chi connectivity index (χ3n) is 2.32. The molecule has 2 rings (SSSR count). The predicted molar refractivity (Wildman–Crippen MR) is 64.8 cm³/mol. The molecule has 0 bridgehead atoms. The Kier molecular flexibility index (Phi) is 3.14. The molecule has 0 unspecified atom stereocenters. The van der Waals surface area contributed by atoms with E-state index in [1.807, 2.05) is 18.2 Å². The van der Waals surface area contributed by atoms with Crippen LogP contribution in [0.15, 0.2) is 30.3 Å². The summed E-state index contributed by atoms with van der Waals surface area (Å²) in [5.41, 5.74) is 8.01. The maximum Gasteiger partial charge on any atom is 0.123 e. The fourth-order valence-electron chi connectivity index (χ4n) is 1.52. The van der Waals surface area contributed by atoms with Gasteiger partial charge in [-0.25, -0.2) is 4.98 Å². The van der Waals surface area contributed by atoms with Crippen molar-refractivity contribution < 1.29 is 0 Å². The van der Waals surface area contributed by atoms with E-state index in [4.69, 9.17) is 5.73 Å². The van der Waals surface area contributed by atoms with Crippen LogP contribution in [0.1, 0.15) is 17.5 Å². The minimum absolute atomic E-state index is 0.591. The Morgan fingerprint density at radius 3 is 2.53 bits per heavy atom. The molecule has 0 fully saturated rings. The van der Waals surface area contributed by atoms with E-state index in [-0.39, 0.29) is 0 Å². The summed E-state index contributed by atoms with van der Waals surface area (Å²) in [6.45, 7) is 2.71. The second-order valence-electron chi connectivity index (χ2n) is 3.31. The van der Waals surface area contributed by atoms with E-state index in [1.54, 1.807) is 11.3 Å². The van der Waals surface area contributed by atoms with Crippen LogP contribution in [0.5, 0.6) is 0 Å². The van der Waals surface area contributed by atoms with Crippen LogP contribution >= 0.6 is 11.3 Å². The molecule has 0 spiro atoms. The van der Waals surface area contributed by atoms with Crippen molar-refractivity contribution in [2.75, 3.05) is 0 Å². The first-order valence-corrected chi connectivity index (χ1v) is 5.91. The molecule has 0 saturated carbocycles. The molecule has 2 aromatic rings. The topological polar surface area (TPSA) is 38.9 Å². The van der Waals surface area contributed by atoms with E-state index in [2.05, 4.69) is 24.0 Å². The zero-order valence-corrected chi connectivity index (χ0v) is 9.55. The average Bonchev–Trinajstić information content (AvgIpc) is 2.73. The van der Waals surface area contributed by atoms with E-state index >= 15 is 0 Å². The molecule has 2 nitrogen and oxygen atoms in total. The average molecular weight is 218 g/mol. The van der Waals surface area contributed by atoms with Gasteiger partial charge in [0.15, 0.2) is 0 Å². The molecule has 15 heavy (non-hydrogen) atoms. The van der Waals surface area contributed by atoms with Gasteiger partial charge in [-0.3, -0.25) is 0 Å². The smallest absolute Gasteiger partial charge is 0.123 e. The van der Waals surface area contributed by atoms with E-state index in [0.717, 1.165) is 17.1 Å². The number of nitrogens with zero attached hydrogens (tertiary/aromatic N) is 1. The van der Waals surface area contributed by atoms with Crippen LogP contribution in [0, 0.1) is 0 Å². The summed E-state index contributed by atoms with van der Waals surface area (Å²) in [5, 5.41) is 1.08. The van der Waals surface area contributed by atoms with Crippen molar-refractivity contribution >= 4 is 11.3 Å². The minimum atomic E-state index is 0.591. The van der Waals surface area contributed by atoms with Gasteiger partial charge in [0.25, 0.3) is 0 Å². The maximum absolute atomic E-state index is 5.69. The number of hydrogen-bond donors (Lipinski definition) is 1. The van der Waals surface area contributed by atoms with Crippen molar-refractivity contribution in [2.24, 2.45) is 5.73 Å². The number of rotatable bonds is 3. The highest BCUT2D eigenvalue weighted by molar-refractivity contribution is 7.15. The molecule has 0 amide bonds. The van der Waals surface area contributed by atoms with Gasteiger partial charge >= 0.3 is 0 Å². The molecule has 1 aromatic heterocycles. The second-order valence-corrected chi connectivity index (χ2v) is 4.40. The van der Waals surface area contributed by atoms with Crippen LogP contribution in [-0.2, 0) is 13.0 Å². The van der Waals surface area contributed by atoms with Crippen LogP contribution in [0.25, 0.3) is 10.6 Å². The van der Waals surface area contributed by atoms with Crippen LogP contribution in [0.2, 0.25) is 0 Å². The van der Waals surface area contributed by atoms with E-state index in [1.165, 1.54) is 10.4 Å². The first kappa shape index (κ1) is 10.3. The van der Waals surface area contributed by atoms with Gasteiger partial charge in [0, 0.05) is 17.0 Å². The molecule has 0 radical (unpaired) electrons. The third kappa shape index (κ3) is 2.08. The molecule has 3 heteroatoms. The number of nitrogens with two attached hydrogens (primary N) is 1. The highest BCUT2D eigenvalue weighted by Crippen LogP contribution is 2.27. The van der Waals surface area contributed by atoms with Gasteiger partial charge in [0.2, 0.25) is 0 Å². The molecular formula is C12H14N2S. The molecule has 0 saturated heterocycles. The van der Waals surface area contributed by atoms with E-state index in [0.29, 0.717) is 6.54 Å². The van der Waals surface area contributed by atoms with Crippen molar-refractivity contribution in [1.29, 1.82) is 0 Å². The SMILES string of the molecule is CCc1nc(-c2ccccc2)sc1CN. The lowest BCUT2D eigenvalue weighted by atomic mass is 10.2. The first-order valence-electron chi connectivity index (χ1n) is 5.09. The lowest BCUT2D eigenvalue weighted by Crippen LogP contribution is -1.96. The number of benzene rings is 1. The minimum Gasteiger partial charge on any atom is -0.326 e. The van der Waals surface area contributed by atoms with E-state index < -0.39 is 0 Å². The molecule has 1 heterocycles. The summed E-state index contributed by atoms with van der Waals surface area (Å²) in [7, 11) is 0. The van der Waals surface area contributed by atoms with Crippen LogP contribution in [0.3, 0.4) is 0 Å². The fraction of sp³-hybridized carbons (Fsp3) is 0.250. The van der Waals surface area contributed by atoms with Crippen molar-refractivity contribution in [1.82, 2.24) is 4.98 Å². The predicted octanol–water partition coefficient (Wildman–Crippen LogP) is 2.83. The molecule has 0 aliphatic rings. The fourth-order valence-corrected chi connectivity index (χ4v) is 2.56. The Bertz CT molecular complexity index is 413. The summed E-state index contributed by atoms with van der Waals surface area (Å²) in [4.78, 5) is 5.81. The summed E-state index contributed by atoms with van der Waals surface area (Å²) >= 11 is 1.70. The van der Waals surface area contributed by atoms with Crippen LogP contribution < -0.4 is 5.73 Å². The standard InChI is InChI=1S/C12H14N2S/c1-2-10-11(8-13)15-12(14-10)9-6-4-3-5-7-9/h3-7H,2,8,13H2,1H3. The van der Waals surface area contributed by atoms with Gasteiger partial charge in [-0.1, -0.05) is 37.3 Å². The molecule has 0 aliphatic heterocycles. The number of aromatic nitrogens is 1. The number of hydrogen-bond acceptors (Lipinski definition) is 3. The second kappa shape index (κ2) is 4.55. The lowest BCUT2D eigenvalue weighted by Gasteiger charge is -1.92.